The third kappa shape index (κ3) is 5.39. The third-order valence-corrected chi connectivity index (χ3v) is 4.88. The number of nitrogens with one attached hydrogen (secondary N) is 2. The van der Waals surface area contributed by atoms with E-state index in [1.54, 1.807) is 30.9 Å². The summed E-state index contributed by atoms with van der Waals surface area (Å²) in [7, 11) is 3.96. The Morgan fingerprint density at radius 1 is 1.19 bits per heavy atom. The van der Waals surface area contributed by atoms with Gasteiger partial charge >= 0.3 is 0 Å². The van der Waals surface area contributed by atoms with E-state index >= 15 is 0 Å². The number of benzene rings is 1. The maximum atomic E-state index is 6.28. The smallest absolute Gasteiger partial charge is 0.155 e. The summed E-state index contributed by atoms with van der Waals surface area (Å²) in [5, 5.41) is 6.90. The highest BCUT2D eigenvalue weighted by Crippen LogP contribution is 2.29. The van der Waals surface area contributed by atoms with Crippen LogP contribution < -0.4 is 15.5 Å². The van der Waals surface area contributed by atoms with Crippen molar-refractivity contribution in [1.29, 1.82) is 0 Å². The molecular weight excluding hydrogens is 424 g/mol. The first-order valence-corrected chi connectivity index (χ1v) is 10.4. The molecule has 2 heterocycles. The van der Waals surface area contributed by atoms with Crippen LogP contribution in [0, 0.1) is 6.92 Å². The molecule has 3 aromatic rings. The van der Waals surface area contributed by atoms with E-state index in [0.717, 1.165) is 16.9 Å². The summed E-state index contributed by atoms with van der Waals surface area (Å²) in [6.45, 7) is 9.57. The van der Waals surface area contributed by atoms with E-state index in [9.17, 15) is 0 Å². The summed E-state index contributed by atoms with van der Waals surface area (Å²) < 4.78 is 0. The van der Waals surface area contributed by atoms with Gasteiger partial charge in [-0.2, -0.15) is 0 Å². The predicted molar refractivity (Wildman–Crippen MR) is 131 cm³/mol. The molecule has 166 valence electrons. The van der Waals surface area contributed by atoms with Gasteiger partial charge in [0, 0.05) is 43.4 Å². The van der Waals surface area contributed by atoms with E-state index in [0.29, 0.717) is 28.3 Å². The highest BCUT2D eigenvalue weighted by molar-refractivity contribution is 6.32. The Morgan fingerprint density at radius 3 is 2.56 bits per heavy atom. The van der Waals surface area contributed by atoms with Gasteiger partial charge in [0.05, 0.1) is 6.20 Å². The van der Waals surface area contributed by atoms with E-state index < -0.39 is 5.54 Å². The molecule has 0 unspecified atom stereocenters. The maximum Gasteiger partial charge on any atom is 0.155 e. The number of aromatic nitrogens is 4. The summed E-state index contributed by atoms with van der Waals surface area (Å²) in [5.74, 6) is 2.42. The fraction of sp³-hybridized carbons (Fsp3) is 0.261. The van der Waals surface area contributed by atoms with Crippen molar-refractivity contribution < 1.29 is 0 Å². The average Bonchev–Trinajstić information content (AvgIpc) is 2.76. The van der Waals surface area contributed by atoms with Gasteiger partial charge in [0.2, 0.25) is 0 Å². The van der Waals surface area contributed by atoms with E-state index in [-0.39, 0.29) is 0 Å². The Kier molecular flexibility index (Phi) is 7.05. The Bertz CT molecular complexity index is 1130. The number of amidine groups is 1. The van der Waals surface area contributed by atoms with Crippen molar-refractivity contribution in [3.63, 3.8) is 0 Å². The van der Waals surface area contributed by atoms with Crippen molar-refractivity contribution in [3.8, 4) is 0 Å². The maximum absolute atomic E-state index is 6.28. The molecule has 9 heteroatoms. The fourth-order valence-electron chi connectivity index (χ4n) is 3.08. The van der Waals surface area contributed by atoms with E-state index in [4.69, 9.17) is 16.6 Å². The van der Waals surface area contributed by atoms with Gasteiger partial charge in [-0.05, 0) is 51.2 Å². The molecule has 0 aliphatic heterocycles. The van der Waals surface area contributed by atoms with Crippen molar-refractivity contribution in [2.75, 3.05) is 24.3 Å². The predicted octanol–water partition coefficient (Wildman–Crippen LogP) is 4.45. The molecule has 0 aliphatic rings. The number of hydrogen-bond acceptors (Lipinski definition) is 7. The van der Waals surface area contributed by atoms with E-state index in [2.05, 4.69) is 37.1 Å². The lowest BCUT2D eigenvalue weighted by Crippen LogP contribution is -2.28. The van der Waals surface area contributed by atoms with E-state index in [1.807, 2.05) is 58.0 Å². The normalized spacial score (nSPS) is 11.8. The molecule has 0 amide bonds. The quantitative estimate of drug-likeness (QED) is 0.405. The minimum atomic E-state index is -0.674. The lowest BCUT2D eigenvalue weighted by atomic mass is 10.0. The van der Waals surface area contributed by atoms with Gasteiger partial charge in [0.15, 0.2) is 11.6 Å². The van der Waals surface area contributed by atoms with Crippen molar-refractivity contribution in [2.24, 2.45) is 4.99 Å². The molecule has 0 saturated carbocycles. The second-order valence-corrected chi connectivity index (χ2v) is 8.21. The highest BCUT2D eigenvalue weighted by atomic mass is 35.5. The molecule has 0 atom stereocenters. The summed E-state index contributed by atoms with van der Waals surface area (Å²) in [6.07, 6.45) is 6.60. The Hall–Kier alpha value is -3.52. The number of hydrogen-bond donors (Lipinski definition) is 2. The van der Waals surface area contributed by atoms with Crippen LogP contribution >= 0.6 is 11.6 Å². The molecule has 3 rings (SSSR count). The fourth-order valence-corrected chi connectivity index (χ4v) is 3.22. The number of aliphatic imine (C=N–C) groups is 1. The van der Waals surface area contributed by atoms with Gasteiger partial charge in [-0.3, -0.25) is 4.99 Å². The monoisotopic (exact) mass is 450 g/mol. The zero-order chi connectivity index (χ0) is 23.3. The molecular formula is C23H27ClN8. The van der Waals surface area contributed by atoms with E-state index in [1.165, 1.54) is 0 Å². The summed E-state index contributed by atoms with van der Waals surface area (Å²) in [6, 6.07) is 7.74. The number of anilines is 3. The van der Waals surface area contributed by atoms with Crippen LogP contribution in [-0.4, -0.2) is 39.9 Å². The highest BCUT2D eigenvalue weighted by Gasteiger charge is 2.25. The van der Waals surface area contributed by atoms with Crippen LogP contribution in [0.1, 0.15) is 31.1 Å². The van der Waals surface area contributed by atoms with Crippen LogP contribution in [0.4, 0.5) is 17.2 Å². The van der Waals surface area contributed by atoms with Crippen molar-refractivity contribution in [1.82, 2.24) is 25.3 Å². The van der Waals surface area contributed by atoms with Crippen molar-refractivity contribution in [2.45, 2.75) is 26.3 Å². The molecule has 2 N–H and O–H groups in total. The summed E-state index contributed by atoms with van der Waals surface area (Å²) in [5.41, 5.74) is 1.97. The van der Waals surface area contributed by atoms with Crippen LogP contribution in [-0.2, 0) is 5.54 Å². The molecule has 8 nitrogen and oxygen atoms in total. The Balaban J connectivity index is 2.10. The van der Waals surface area contributed by atoms with Gasteiger partial charge in [-0.1, -0.05) is 18.2 Å². The van der Waals surface area contributed by atoms with Crippen molar-refractivity contribution >= 4 is 34.6 Å². The zero-order valence-corrected chi connectivity index (χ0v) is 19.6. The number of nitrogens with zero attached hydrogens (tertiary/aromatic N) is 6. The second-order valence-electron chi connectivity index (χ2n) is 7.81. The lowest BCUT2D eigenvalue weighted by molar-refractivity contribution is 0.516. The minimum absolute atomic E-state index is 0.439. The van der Waals surface area contributed by atoms with Crippen LogP contribution in [0.25, 0.3) is 0 Å². The minimum Gasteiger partial charge on any atom is -0.377 e. The molecule has 0 radical (unpaired) electrons. The molecule has 0 bridgehead atoms. The van der Waals surface area contributed by atoms with Crippen LogP contribution in [0.15, 0.2) is 60.6 Å². The molecule has 0 aliphatic carbocycles. The Labute approximate surface area is 193 Å². The number of rotatable bonds is 7. The van der Waals surface area contributed by atoms with Gasteiger partial charge < -0.3 is 15.5 Å². The number of halogens is 1. The first-order chi connectivity index (χ1) is 15.2. The van der Waals surface area contributed by atoms with Crippen LogP contribution in [0.2, 0.25) is 5.02 Å². The second kappa shape index (κ2) is 9.74. The van der Waals surface area contributed by atoms with Gasteiger partial charge in [0.1, 0.15) is 22.2 Å². The molecule has 0 fully saturated rings. The molecule has 2 aromatic heterocycles. The molecule has 0 saturated heterocycles. The summed E-state index contributed by atoms with van der Waals surface area (Å²) in [4.78, 5) is 24.3. The molecule has 32 heavy (non-hydrogen) atoms. The third-order valence-electron chi connectivity index (χ3n) is 4.60. The van der Waals surface area contributed by atoms with Gasteiger partial charge in [-0.25, -0.2) is 19.9 Å². The van der Waals surface area contributed by atoms with Crippen LogP contribution in [0.3, 0.4) is 0 Å². The zero-order valence-electron chi connectivity index (χ0n) is 18.9. The SMILES string of the molecule is C=CNC(=NC(C)(C)c1ncccn1)c1cc(Nc2nc(C)ncc2Cl)ccc1N(C)C. The lowest BCUT2D eigenvalue weighted by Gasteiger charge is -2.24. The standard InChI is InChI=1S/C23H27ClN8/c1-7-25-20(31-23(3,4)22-26-11-8-12-27-22)17-13-16(9-10-19(17)32(5)6)30-21-18(24)14-28-15(2)29-21/h7-14H,1H2,2-6H3,(H,25,31)(H,28,29,30). The first kappa shape index (κ1) is 23.1. The average molecular weight is 451 g/mol. The first-order valence-electron chi connectivity index (χ1n) is 10.0. The largest absolute Gasteiger partial charge is 0.377 e. The topological polar surface area (TPSA) is 91.2 Å². The Morgan fingerprint density at radius 2 is 1.91 bits per heavy atom. The number of aryl methyl sites for hydroxylation is 1. The molecule has 0 spiro atoms. The van der Waals surface area contributed by atoms with Gasteiger partial charge in [-0.15, -0.1) is 0 Å². The van der Waals surface area contributed by atoms with Gasteiger partial charge in [0.25, 0.3) is 0 Å². The van der Waals surface area contributed by atoms with Crippen LogP contribution in [0.5, 0.6) is 0 Å². The molecule has 1 aromatic carbocycles. The summed E-state index contributed by atoms with van der Waals surface area (Å²) >= 11 is 6.28. The van der Waals surface area contributed by atoms with Crippen molar-refractivity contribution in [3.05, 3.63) is 77.9 Å².